The highest BCUT2D eigenvalue weighted by atomic mass is 28.5. The predicted molar refractivity (Wildman–Crippen MR) is 155 cm³/mol. The molecule has 0 aromatic heterocycles. The van der Waals surface area contributed by atoms with Gasteiger partial charge in [-0.2, -0.15) is 0 Å². The van der Waals surface area contributed by atoms with Crippen LogP contribution in [0.2, 0.25) is 58.9 Å². The van der Waals surface area contributed by atoms with E-state index in [1.165, 1.54) is 11.3 Å². The van der Waals surface area contributed by atoms with Crippen molar-refractivity contribution in [3.8, 4) is 0 Å². The maximum atomic E-state index is 6.84. The maximum Gasteiger partial charge on any atom is 0.505 e. The molecule has 2 aromatic carbocycles. The van der Waals surface area contributed by atoms with Crippen molar-refractivity contribution in [2.75, 3.05) is 19.0 Å². The average Bonchev–Trinajstić information content (AvgIpc) is 2.63. The molecule has 0 saturated carbocycles. The van der Waals surface area contributed by atoms with Crippen LogP contribution < -0.4 is 10.1 Å². The van der Waals surface area contributed by atoms with Crippen molar-refractivity contribution >= 4 is 56.8 Å². The van der Waals surface area contributed by atoms with Crippen LogP contribution >= 0.6 is 0 Å². The highest BCUT2D eigenvalue weighted by Crippen LogP contribution is 2.26. The van der Waals surface area contributed by atoms with Crippen LogP contribution in [-0.2, 0) is 12.3 Å². The Morgan fingerprint density at radius 1 is 0.545 bits per heavy atom. The van der Waals surface area contributed by atoms with Gasteiger partial charge in [-0.15, -0.1) is 0 Å². The fourth-order valence-corrected chi connectivity index (χ4v) is 16.6. The zero-order chi connectivity index (χ0) is 25.1. The third kappa shape index (κ3) is 9.48. The van der Waals surface area contributed by atoms with E-state index in [1.54, 1.807) is 0 Å². The number of benzene rings is 2. The van der Waals surface area contributed by atoms with Gasteiger partial charge in [-0.3, -0.25) is 0 Å². The smallest absolute Gasteiger partial charge is 0.414 e. The predicted octanol–water partition coefficient (Wildman–Crippen LogP) is 6.62. The van der Waals surface area contributed by atoms with Crippen LogP contribution in [0.15, 0.2) is 48.5 Å². The summed E-state index contributed by atoms with van der Waals surface area (Å²) < 4.78 is 20.5. The van der Waals surface area contributed by atoms with Gasteiger partial charge < -0.3 is 17.2 Å². The molecule has 182 valence electrons. The Bertz CT molecular complexity index is 882. The summed E-state index contributed by atoms with van der Waals surface area (Å²) in [6, 6.07) is 17.2. The molecule has 2 rings (SSSR count). The summed E-state index contributed by atoms with van der Waals surface area (Å²) in [5, 5.41) is 1.07. The van der Waals surface area contributed by atoms with Gasteiger partial charge in [-0.05, 0) is 82.2 Å². The molecule has 33 heavy (non-hydrogen) atoms. The van der Waals surface area contributed by atoms with Crippen molar-refractivity contribution in [2.45, 2.75) is 58.9 Å². The Morgan fingerprint density at radius 2 is 0.879 bits per heavy atom. The molecule has 2 aromatic rings. The number of anilines is 1. The van der Waals surface area contributed by atoms with Crippen LogP contribution in [0.3, 0.4) is 0 Å². The molecule has 0 aliphatic carbocycles. The molecular weight excluding hydrogens is 475 g/mol. The standard InChI is InChI=1S/C25H43NO3Si4/c1-26(2)24-18-14-22(15-19-24)12-13-23-16-20-25(21-17-23)33(27-30(3,4)5,28-31(6,7)8)29-32(9,10)11/h12-21H,1-11H3/b13-12+. The third-order valence-corrected chi connectivity index (χ3v) is 16.1. The minimum Gasteiger partial charge on any atom is -0.414 e. The van der Waals surface area contributed by atoms with E-state index in [1.807, 2.05) is 0 Å². The van der Waals surface area contributed by atoms with E-state index < -0.39 is 33.8 Å². The fourth-order valence-electron chi connectivity index (χ4n) is 3.32. The minimum atomic E-state index is -3.05. The van der Waals surface area contributed by atoms with E-state index in [0.717, 1.165) is 10.8 Å². The van der Waals surface area contributed by atoms with E-state index in [4.69, 9.17) is 12.3 Å². The maximum absolute atomic E-state index is 6.84. The van der Waals surface area contributed by atoms with Crippen molar-refractivity contribution < 1.29 is 12.3 Å². The molecule has 0 saturated heterocycles. The zero-order valence-electron chi connectivity index (χ0n) is 22.4. The van der Waals surface area contributed by atoms with E-state index in [0.29, 0.717) is 0 Å². The lowest BCUT2D eigenvalue weighted by atomic mass is 10.1. The highest BCUT2D eigenvalue weighted by Gasteiger charge is 2.51. The van der Waals surface area contributed by atoms with Crippen molar-refractivity contribution in [3.05, 3.63) is 59.7 Å². The molecular formula is C25H43NO3Si4. The molecule has 0 N–H and O–H groups in total. The number of nitrogens with zero attached hydrogens (tertiary/aromatic N) is 1. The SMILES string of the molecule is CN(C)c1ccc(/C=C/c2ccc([Si](O[Si](C)(C)C)(O[Si](C)(C)C)O[Si](C)(C)C)cc2)cc1. The first kappa shape index (κ1) is 28.0. The van der Waals surface area contributed by atoms with Gasteiger partial charge >= 0.3 is 8.80 Å². The first-order valence-electron chi connectivity index (χ1n) is 11.6. The van der Waals surface area contributed by atoms with Gasteiger partial charge in [0.05, 0.1) is 0 Å². The van der Waals surface area contributed by atoms with E-state index in [9.17, 15) is 0 Å². The molecule has 0 heterocycles. The molecule has 8 heteroatoms. The molecule has 0 unspecified atom stereocenters. The molecule has 0 aliphatic rings. The second-order valence-corrected chi connectivity index (χ2v) is 28.5. The largest absolute Gasteiger partial charge is 0.505 e. The van der Waals surface area contributed by atoms with Crippen LogP contribution in [0, 0.1) is 0 Å². The fraction of sp³-hybridized carbons (Fsp3) is 0.440. The van der Waals surface area contributed by atoms with Gasteiger partial charge in [-0.25, -0.2) is 0 Å². The molecule has 0 bridgehead atoms. The van der Waals surface area contributed by atoms with Crippen LogP contribution in [-0.4, -0.2) is 47.9 Å². The van der Waals surface area contributed by atoms with E-state index in [-0.39, 0.29) is 0 Å². The molecule has 0 fully saturated rings. The van der Waals surface area contributed by atoms with Crippen LogP contribution in [0.5, 0.6) is 0 Å². The van der Waals surface area contributed by atoms with Crippen molar-refractivity contribution in [1.82, 2.24) is 0 Å². The Balaban J connectivity index is 2.39. The minimum absolute atomic E-state index is 1.07. The van der Waals surface area contributed by atoms with Crippen molar-refractivity contribution in [3.63, 3.8) is 0 Å². The van der Waals surface area contributed by atoms with Gasteiger partial charge in [0.1, 0.15) is 0 Å². The summed E-state index contributed by atoms with van der Waals surface area (Å²) in [6.07, 6.45) is 4.30. The summed E-state index contributed by atoms with van der Waals surface area (Å²) in [5.41, 5.74) is 3.52. The van der Waals surface area contributed by atoms with Gasteiger partial charge in [0.2, 0.25) is 0 Å². The van der Waals surface area contributed by atoms with E-state index in [2.05, 4.69) is 139 Å². The number of rotatable bonds is 10. The van der Waals surface area contributed by atoms with Gasteiger partial charge in [0.25, 0.3) is 0 Å². The second-order valence-electron chi connectivity index (χ2n) is 11.6. The Hall–Kier alpha value is -1.27. The molecule has 0 amide bonds. The Morgan fingerprint density at radius 3 is 1.18 bits per heavy atom. The lowest BCUT2D eigenvalue weighted by molar-refractivity contribution is 0.273. The summed E-state index contributed by atoms with van der Waals surface area (Å²) in [5.74, 6) is 0. The summed E-state index contributed by atoms with van der Waals surface area (Å²) >= 11 is 0. The van der Waals surface area contributed by atoms with Crippen LogP contribution in [0.25, 0.3) is 12.2 Å². The Kier molecular flexibility index (Phi) is 8.94. The second kappa shape index (κ2) is 10.6. The normalized spacial score (nSPS) is 13.5. The highest BCUT2D eigenvalue weighted by molar-refractivity contribution is 6.95. The van der Waals surface area contributed by atoms with Crippen LogP contribution in [0.4, 0.5) is 5.69 Å². The van der Waals surface area contributed by atoms with Crippen molar-refractivity contribution in [1.29, 1.82) is 0 Å². The molecule has 0 radical (unpaired) electrons. The topological polar surface area (TPSA) is 30.9 Å². The van der Waals surface area contributed by atoms with E-state index >= 15 is 0 Å². The molecule has 0 spiro atoms. The molecule has 0 atom stereocenters. The van der Waals surface area contributed by atoms with Gasteiger partial charge in [0.15, 0.2) is 25.0 Å². The summed E-state index contributed by atoms with van der Waals surface area (Å²) in [4.78, 5) is 2.11. The first-order chi connectivity index (χ1) is 15.0. The third-order valence-electron chi connectivity index (χ3n) is 4.46. The molecule has 4 nitrogen and oxygen atoms in total. The average molecular weight is 518 g/mol. The monoisotopic (exact) mass is 517 g/mol. The summed E-state index contributed by atoms with van der Waals surface area (Å²) in [6.45, 7) is 20.0. The molecule has 0 aliphatic heterocycles. The van der Waals surface area contributed by atoms with Crippen LogP contribution in [0.1, 0.15) is 11.1 Å². The Labute approximate surface area is 206 Å². The van der Waals surface area contributed by atoms with Gasteiger partial charge in [0, 0.05) is 25.0 Å². The lowest BCUT2D eigenvalue weighted by Gasteiger charge is -2.42. The first-order valence-corrected chi connectivity index (χ1v) is 23.6. The number of hydrogen-bond acceptors (Lipinski definition) is 4. The van der Waals surface area contributed by atoms with Crippen molar-refractivity contribution in [2.24, 2.45) is 0 Å². The lowest BCUT2D eigenvalue weighted by Crippen LogP contribution is -2.67. The quantitative estimate of drug-likeness (QED) is 0.262. The number of hydrogen-bond donors (Lipinski definition) is 0. The summed E-state index contributed by atoms with van der Waals surface area (Å²) in [7, 11) is -4.70. The zero-order valence-corrected chi connectivity index (χ0v) is 26.4. The van der Waals surface area contributed by atoms with Gasteiger partial charge in [-0.1, -0.05) is 48.6 Å².